The van der Waals surface area contributed by atoms with Crippen LogP contribution in [0.3, 0.4) is 0 Å². The Morgan fingerprint density at radius 2 is 2.17 bits per heavy atom. The Bertz CT molecular complexity index is 496. The molecule has 0 spiro atoms. The van der Waals surface area contributed by atoms with E-state index >= 15 is 0 Å². The van der Waals surface area contributed by atoms with Crippen LogP contribution in [0.15, 0.2) is 30.5 Å². The predicted molar refractivity (Wildman–Crippen MR) is 75.0 cm³/mol. The minimum absolute atomic E-state index is 0.567. The summed E-state index contributed by atoms with van der Waals surface area (Å²) in [5.41, 5.74) is 6.81. The van der Waals surface area contributed by atoms with Crippen LogP contribution in [0.5, 0.6) is 5.75 Å². The number of thiazole rings is 1. The van der Waals surface area contributed by atoms with E-state index in [1.54, 1.807) is 11.3 Å². The van der Waals surface area contributed by atoms with Crippen LogP contribution in [0.2, 0.25) is 0 Å². The first kappa shape index (κ1) is 13.1. The smallest absolute Gasteiger partial charge is 0.122 e. The standard InChI is InChI=1S/C14H18N2OS/c1-2-11-5-3-4-6-13(11)17-8-7-14-16-10-12(9-15)18-14/h3-6,10H,2,7-9,15H2,1H3. The van der Waals surface area contributed by atoms with Crippen molar-refractivity contribution >= 4 is 11.3 Å². The molecule has 0 aliphatic carbocycles. The molecule has 0 radical (unpaired) electrons. The van der Waals surface area contributed by atoms with Crippen LogP contribution in [-0.2, 0) is 19.4 Å². The summed E-state index contributed by atoms with van der Waals surface area (Å²) in [6.07, 6.45) is 3.67. The normalized spacial score (nSPS) is 10.6. The molecule has 4 heteroatoms. The Labute approximate surface area is 112 Å². The number of rotatable bonds is 6. The topological polar surface area (TPSA) is 48.1 Å². The summed E-state index contributed by atoms with van der Waals surface area (Å²) < 4.78 is 5.81. The van der Waals surface area contributed by atoms with E-state index in [0.717, 1.165) is 28.5 Å². The first-order chi connectivity index (χ1) is 8.83. The van der Waals surface area contributed by atoms with Crippen molar-refractivity contribution in [1.82, 2.24) is 4.98 Å². The fourth-order valence-electron chi connectivity index (χ4n) is 1.74. The van der Waals surface area contributed by atoms with Gasteiger partial charge in [-0.1, -0.05) is 25.1 Å². The SMILES string of the molecule is CCc1ccccc1OCCc1ncc(CN)s1. The molecule has 0 aliphatic rings. The van der Waals surface area contributed by atoms with Crippen molar-refractivity contribution in [3.05, 3.63) is 45.9 Å². The average molecular weight is 262 g/mol. The first-order valence-electron chi connectivity index (χ1n) is 6.17. The van der Waals surface area contributed by atoms with Gasteiger partial charge in [-0.15, -0.1) is 11.3 Å². The molecule has 0 bridgehead atoms. The maximum absolute atomic E-state index is 5.81. The molecular weight excluding hydrogens is 244 g/mol. The third kappa shape index (κ3) is 3.31. The number of aryl methyl sites for hydroxylation is 1. The zero-order chi connectivity index (χ0) is 12.8. The summed E-state index contributed by atoms with van der Waals surface area (Å²) in [4.78, 5) is 5.44. The lowest BCUT2D eigenvalue weighted by molar-refractivity contribution is 0.318. The number of para-hydroxylation sites is 1. The van der Waals surface area contributed by atoms with E-state index in [0.29, 0.717) is 13.2 Å². The van der Waals surface area contributed by atoms with Crippen molar-refractivity contribution in [2.45, 2.75) is 26.3 Å². The minimum atomic E-state index is 0.567. The molecular formula is C14H18N2OS. The van der Waals surface area contributed by atoms with Crippen LogP contribution in [0.1, 0.15) is 22.4 Å². The lowest BCUT2D eigenvalue weighted by Gasteiger charge is -2.09. The number of benzene rings is 1. The van der Waals surface area contributed by atoms with Gasteiger partial charge in [-0.2, -0.15) is 0 Å². The lowest BCUT2D eigenvalue weighted by Crippen LogP contribution is -2.02. The molecule has 0 saturated heterocycles. The molecule has 1 aromatic heterocycles. The highest BCUT2D eigenvalue weighted by Gasteiger charge is 2.03. The number of hydrogen-bond acceptors (Lipinski definition) is 4. The van der Waals surface area contributed by atoms with E-state index in [1.807, 2.05) is 24.4 Å². The fraction of sp³-hybridized carbons (Fsp3) is 0.357. The van der Waals surface area contributed by atoms with Crippen molar-refractivity contribution in [2.75, 3.05) is 6.61 Å². The summed E-state index contributed by atoms with van der Waals surface area (Å²) in [5, 5.41) is 1.09. The maximum atomic E-state index is 5.81. The largest absolute Gasteiger partial charge is 0.493 e. The van der Waals surface area contributed by atoms with Crippen LogP contribution < -0.4 is 10.5 Å². The van der Waals surface area contributed by atoms with Crippen molar-refractivity contribution in [3.8, 4) is 5.75 Å². The zero-order valence-corrected chi connectivity index (χ0v) is 11.4. The second kappa shape index (κ2) is 6.52. The van der Waals surface area contributed by atoms with Crippen LogP contribution in [0.4, 0.5) is 0 Å². The molecule has 0 atom stereocenters. The number of nitrogens with zero attached hydrogens (tertiary/aromatic N) is 1. The summed E-state index contributed by atoms with van der Waals surface area (Å²) >= 11 is 1.66. The van der Waals surface area contributed by atoms with Crippen molar-refractivity contribution < 1.29 is 4.74 Å². The highest BCUT2D eigenvalue weighted by atomic mass is 32.1. The summed E-state index contributed by atoms with van der Waals surface area (Å²) in [6.45, 7) is 3.36. The number of aromatic nitrogens is 1. The van der Waals surface area contributed by atoms with Gasteiger partial charge >= 0.3 is 0 Å². The number of nitrogens with two attached hydrogens (primary N) is 1. The molecule has 0 unspecified atom stereocenters. The van der Waals surface area contributed by atoms with E-state index in [4.69, 9.17) is 10.5 Å². The van der Waals surface area contributed by atoms with Gasteiger partial charge in [0.05, 0.1) is 11.6 Å². The van der Waals surface area contributed by atoms with E-state index in [1.165, 1.54) is 5.56 Å². The molecule has 0 saturated carbocycles. The molecule has 0 amide bonds. The Hall–Kier alpha value is -1.39. The van der Waals surface area contributed by atoms with E-state index < -0.39 is 0 Å². The summed E-state index contributed by atoms with van der Waals surface area (Å²) in [6, 6.07) is 8.17. The van der Waals surface area contributed by atoms with Crippen LogP contribution >= 0.6 is 11.3 Å². The van der Waals surface area contributed by atoms with Crippen molar-refractivity contribution in [3.63, 3.8) is 0 Å². The van der Waals surface area contributed by atoms with E-state index in [2.05, 4.69) is 18.0 Å². The molecule has 3 nitrogen and oxygen atoms in total. The van der Waals surface area contributed by atoms with Gasteiger partial charge in [0.15, 0.2) is 0 Å². The second-order valence-corrected chi connectivity index (χ2v) is 5.18. The quantitative estimate of drug-likeness (QED) is 0.871. The van der Waals surface area contributed by atoms with Crippen molar-refractivity contribution in [2.24, 2.45) is 5.73 Å². The fourth-order valence-corrected chi connectivity index (χ4v) is 2.53. The van der Waals surface area contributed by atoms with Gasteiger partial charge in [0.2, 0.25) is 0 Å². The molecule has 1 aromatic carbocycles. The Morgan fingerprint density at radius 1 is 1.33 bits per heavy atom. The monoisotopic (exact) mass is 262 g/mol. The van der Waals surface area contributed by atoms with Gasteiger partial charge in [0, 0.05) is 24.0 Å². The van der Waals surface area contributed by atoms with Gasteiger partial charge in [0.25, 0.3) is 0 Å². The Balaban J connectivity index is 1.88. The molecule has 2 aromatic rings. The summed E-state index contributed by atoms with van der Waals surface area (Å²) in [7, 11) is 0. The van der Waals surface area contributed by atoms with Crippen molar-refractivity contribution in [1.29, 1.82) is 0 Å². The lowest BCUT2D eigenvalue weighted by atomic mass is 10.1. The minimum Gasteiger partial charge on any atom is -0.493 e. The van der Waals surface area contributed by atoms with E-state index in [-0.39, 0.29) is 0 Å². The molecule has 2 N–H and O–H groups in total. The molecule has 0 aliphatic heterocycles. The highest BCUT2D eigenvalue weighted by Crippen LogP contribution is 2.19. The molecule has 96 valence electrons. The third-order valence-corrected chi connectivity index (χ3v) is 3.81. The second-order valence-electron chi connectivity index (χ2n) is 3.98. The third-order valence-electron chi connectivity index (χ3n) is 2.73. The van der Waals surface area contributed by atoms with Gasteiger partial charge < -0.3 is 10.5 Å². The average Bonchev–Trinajstić information content (AvgIpc) is 2.87. The molecule has 18 heavy (non-hydrogen) atoms. The first-order valence-corrected chi connectivity index (χ1v) is 6.99. The Morgan fingerprint density at radius 3 is 2.89 bits per heavy atom. The number of hydrogen-bond donors (Lipinski definition) is 1. The van der Waals surface area contributed by atoms with Gasteiger partial charge in [-0.05, 0) is 18.1 Å². The summed E-state index contributed by atoms with van der Waals surface area (Å²) in [5.74, 6) is 0.982. The molecule has 1 heterocycles. The van der Waals surface area contributed by atoms with Gasteiger partial charge in [-0.25, -0.2) is 4.98 Å². The number of ether oxygens (including phenoxy) is 1. The highest BCUT2D eigenvalue weighted by molar-refractivity contribution is 7.11. The van der Waals surface area contributed by atoms with Gasteiger partial charge in [-0.3, -0.25) is 0 Å². The van der Waals surface area contributed by atoms with Gasteiger partial charge in [0.1, 0.15) is 5.75 Å². The van der Waals surface area contributed by atoms with Crippen LogP contribution in [-0.4, -0.2) is 11.6 Å². The Kier molecular flexibility index (Phi) is 4.73. The predicted octanol–water partition coefficient (Wildman–Crippen LogP) is 2.79. The van der Waals surface area contributed by atoms with E-state index in [9.17, 15) is 0 Å². The van der Waals surface area contributed by atoms with Crippen LogP contribution in [0.25, 0.3) is 0 Å². The zero-order valence-electron chi connectivity index (χ0n) is 10.6. The molecule has 0 fully saturated rings. The van der Waals surface area contributed by atoms with Crippen LogP contribution in [0, 0.1) is 0 Å². The molecule has 2 rings (SSSR count). The maximum Gasteiger partial charge on any atom is 0.122 e.